The second kappa shape index (κ2) is 11.5. The Morgan fingerprint density at radius 1 is 0.870 bits per heavy atom. The van der Waals surface area contributed by atoms with Crippen molar-refractivity contribution in [3.05, 3.63) is 46.0 Å². The Morgan fingerprint density at radius 2 is 1.57 bits per heavy atom. The summed E-state index contributed by atoms with van der Waals surface area (Å²) >= 11 is 6.03. The van der Waals surface area contributed by atoms with Crippen molar-refractivity contribution in [2.24, 2.45) is 50.7 Å². The highest BCUT2D eigenvalue weighted by molar-refractivity contribution is 6.30. The Balaban J connectivity index is 1.30. The molecule has 0 saturated heterocycles. The summed E-state index contributed by atoms with van der Waals surface area (Å²) in [7, 11) is 0. The second-order valence-corrected chi connectivity index (χ2v) is 17.8. The van der Waals surface area contributed by atoms with Gasteiger partial charge in [0.25, 0.3) is 5.91 Å². The number of rotatable bonds is 6. The SMILES string of the molecule is CC(=O)O[C@H]1CC[C@]2(C)[C@H]3CC[C@@H]4C5=C(C(C)C)CC[C@]5(C(=O)CNC(=O)c5ccc(Cl)cc5)CC[C@@]4(C)[C@]3(C)CC[C@H]2C1(C)C. The van der Waals surface area contributed by atoms with Crippen LogP contribution in [0.25, 0.3) is 0 Å². The molecule has 6 rings (SSSR count). The maximum atomic E-state index is 14.4. The molecule has 0 aromatic heterocycles. The molecule has 8 atom stereocenters. The smallest absolute Gasteiger partial charge is 0.302 e. The molecule has 5 nitrogen and oxygen atoms in total. The fourth-order valence-electron chi connectivity index (χ4n) is 12.5. The number of carbonyl (C=O) groups is 3. The second-order valence-electron chi connectivity index (χ2n) is 17.4. The molecule has 0 radical (unpaired) electrons. The van der Waals surface area contributed by atoms with Gasteiger partial charge in [0.15, 0.2) is 5.78 Å². The van der Waals surface area contributed by atoms with Gasteiger partial charge in [-0.3, -0.25) is 14.4 Å². The van der Waals surface area contributed by atoms with Crippen LogP contribution < -0.4 is 5.32 Å². The predicted octanol–water partition coefficient (Wildman–Crippen LogP) is 9.37. The first kappa shape index (κ1) is 33.7. The number of benzene rings is 1. The number of amides is 1. The van der Waals surface area contributed by atoms with Crippen LogP contribution in [0.4, 0.5) is 0 Å². The fraction of sp³-hybridized carbons (Fsp3) is 0.725. The molecule has 0 heterocycles. The lowest BCUT2D eigenvalue weighted by Gasteiger charge is -2.72. The van der Waals surface area contributed by atoms with Crippen molar-refractivity contribution in [1.29, 1.82) is 0 Å². The summed E-state index contributed by atoms with van der Waals surface area (Å²) < 4.78 is 5.94. The van der Waals surface area contributed by atoms with E-state index in [1.54, 1.807) is 31.2 Å². The number of allylic oxidation sites excluding steroid dienone is 2. The average molecular weight is 650 g/mol. The van der Waals surface area contributed by atoms with E-state index in [-0.39, 0.29) is 52.0 Å². The van der Waals surface area contributed by atoms with Gasteiger partial charge in [0, 0.05) is 22.9 Å². The van der Waals surface area contributed by atoms with E-state index in [0.717, 1.165) is 51.4 Å². The number of carbonyl (C=O) groups excluding carboxylic acids is 3. The minimum Gasteiger partial charge on any atom is -0.462 e. The lowest BCUT2D eigenvalue weighted by atomic mass is 9.33. The van der Waals surface area contributed by atoms with Crippen LogP contribution in [0.5, 0.6) is 0 Å². The third kappa shape index (κ3) is 4.86. The number of hydrogen-bond donors (Lipinski definition) is 1. The number of ether oxygens (including phenoxy) is 1. The van der Waals surface area contributed by atoms with Gasteiger partial charge in [0.1, 0.15) is 6.10 Å². The summed E-state index contributed by atoms with van der Waals surface area (Å²) in [4.78, 5) is 39.5. The number of nitrogens with one attached hydrogen (secondary N) is 1. The van der Waals surface area contributed by atoms with Crippen molar-refractivity contribution in [3.63, 3.8) is 0 Å². The topological polar surface area (TPSA) is 72.5 Å². The van der Waals surface area contributed by atoms with Gasteiger partial charge in [-0.1, -0.05) is 71.2 Å². The Morgan fingerprint density at radius 3 is 2.22 bits per heavy atom. The van der Waals surface area contributed by atoms with Crippen molar-refractivity contribution in [2.75, 3.05) is 6.54 Å². The molecular formula is C40H56ClNO4. The highest BCUT2D eigenvalue weighted by Crippen LogP contribution is 2.77. The molecule has 252 valence electrons. The van der Waals surface area contributed by atoms with Crippen molar-refractivity contribution in [3.8, 4) is 0 Å². The predicted molar refractivity (Wildman–Crippen MR) is 183 cm³/mol. The fourth-order valence-corrected chi connectivity index (χ4v) is 12.6. The van der Waals surface area contributed by atoms with Gasteiger partial charge in [0.05, 0.1) is 12.0 Å². The van der Waals surface area contributed by atoms with E-state index in [9.17, 15) is 14.4 Å². The number of esters is 1. The molecule has 5 aliphatic carbocycles. The van der Waals surface area contributed by atoms with Crippen LogP contribution in [-0.2, 0) is 14.3 Å². The van der Waals surface area contributed by atoms with E-state index in [2.05, 4.69) is 53.8 Å². The van der Waals surface area contributed by atoms with Crippen LogP contribution in [0.2, 0.25) is 5.02 Å². The van der Waals surface area contributed by atoms with E-state index in [4.69, 9.17) is 16.3 Å². The largest absolute Gasteiger partial charge is 0.462 e. The Bertz CT molecular complexity index is 1450. The highest BCUT2D eigenvalue weighted by Gasteiger charge is 2.70. The molecule has 46 heavy (non-hydrogen) atoms. The first-order valence-corrected chi connectivity index (χ1v) is 18.4. The van der Waals surface area contributed by atoms with E-state index >= 15 is 0 Å². The van der Waals surface area contributed by atoms with Gasteiger partial charge in [0.2, 0.25) is 0 Å². The van der Waals surface area contributed by atoms with Crippen LogP contribution in [-0.4, -0.2) is 30.3 Å². The summed E-state index contributed by atoms with van der Waals surface area (Å²) in [5.41, 5.74) is 3.45. The molecule has 0 spiro atoms. The number of fused-ring (bicyclic) bond motifs is 7. The molecule has 6 heteroatoms. The molecule has 4 fully saturated rings. The molecule has 1 amide bonds. The summed E-state index contributed by atoms with van der Waals surface area (Å²) in [5, 5.41) is 3.56. The van der Waals surface area contributed by atoms with Crippen LogP contribution >= 0.6 is 11.6 Å². The van der Waals surface area contributed by atoms with E-state index in [0.29, 0.717) is 34.3 Å². The van der Waals surface area contributed by atoms with E-state index in [1.165, 1.54) is 24.0 Å². The standard InChI is InChI=1S/C40H56ClNO4/c1-24(2)28-15-20-40(32(44)23-42-35(45)26-9-11-27(41)12-10-26)22-21-38(7)29(34(28)40)13-14-31-37(6)18-17-33(46-25(3)43)36(4,5)30(37)16-19-39(31,38)8/h9-12,24,29-31,33H,13-23H2,1-8H3,(H,42,45)/t29-,30+,31-,33+,37+,38-,39-,40-/m1/s1. The number of ketones is 1. The van der Waals surface area contributed by atoms with Gasteiger partial charge in [-0.05, 0) is 128 Å². The van der Waals surface area contributed by atoms with Crippen LogP contribution in [0, 0.1) is 50.7 Å². The van der Waals surface area contributed by atoms with Crippen LogP contribution in [0.3, 0.4) is 0 Å². The van der Waals surface area contributed by atoms with Crippen molar-refractivity contribution < 1.29 is 19.1 Å². The van der Waals surface area contributed by atoms with Gasteiger partial charge in [-0.15, -0.1) is 0 Å². The van der Waals surface area contributed by atoms with Gasteiger partial charge in [-0.2, -0.15) is 0 Å². The van der Waals surface area contributed by atoms with E-state index in [1.807, 2.05) is 0 Å². The monoisotopic (exact) mass is 649 g/mol. The lowest BCUT2D eigenvalue weighted by Crippen LogP contribution is -2.66. The molecule has 1 N–H and O–H groups in total. The minimum atomic E-state index is -0.467. The first-order chi connectivity index (χ1) is 21.5. The summed E-state index contributed by atoms with van der Waals surface area (Å²) in [6.07, 6.45) is 10.5. The molecule has 0 bridgehead atoms. The number of halogens is 1. The average Bonchev–Trinajstić information content (AvgIpc) is 3.39. The normalized spacial score (nSPS) is 39.5. The Kier molecular flexibility index (Phi) is 8.43. The molecule has 0 unspecified atom stereocenters. The summed E-state index contributed by atoms with van der Waals surface area (Å²) in [5.74, 6) is 1.72. The van der Waals surface area contributed by atoms with Crippen molar-refractivity contribution in [2.45, 2.75) is 126 Å². The molecule has 1 aromatic rings. The maximum absolute atomic E-state index is 14.4. The number of Topliss-reactive ketones (excluding diaryl/α,β-unsaturated/α-hetero) is 1. The van der Waals surface area contributed by atoms with Crippen molar-refractivity contribution >= 4 is 29.3 Å². The Labute approximate surface area is 282 Å². The van der Waals surface area contributed by atoms with Crippen LogP contribution in [0.1, 0.15) is 130 Å². The zero-order valence-electron chi connectivity index (χ0n) is 29.5. The maximum Gasteiger partial charge on any atom is 0.302 e. The zero-order chi connectivity index (χ0) is 33.4. The quantitative estimate of drug-likeness (QED) is 0.246. The summed E-state index contributed by atoms with van der Waals surface area (Å²) in [6, 6.07) is 6.84. The van der Waals surface area contributed by atoms with Gasteiger partial charge < -0.3 is 10.1 Å². The third-order valence-electron chi connectivity index (χ3n) is 15.0. The van der Waals surface area contributed by atoms with Gasteiger partial charge >= 0.3 is 5.97 Å². The molecule has 1 aromatic carbocycles. The summed E-state index contributed by atoms with van der Waals surface area (Å²) in [6.45, 7) is 18.7. The van der Waals surface area contributed by atoms with Gasteiger partial charge in [-0.25, -0.2) is 0 Å². The molecule has 5 aliphatic rings. The van der Waals surface area contributed by atoms with Crippen LogP contribution in [0.15, 0.2) is 35.4 Å². The third-order valence-corrected chi connectivity index (χ3v) is 15.2. The molecule has 4 saturated carbocycles. The van der Waals surface area contributed by atoms with E-state index < -0.39 is 5.41 Å². The zero-order valence-corrected chi connectivity index (χ0v) is 30.2. The number of hydrogen-bond acceptors (Lipinski definition) is 4. The minimum absolute atomic E-state index is 0.0157. The first-order valence-electron chi connectivity index (χ1n) is 18.0. The lowest BCUT2D eigenvalue weighted by molar-refractivity contribution is -0.232. The molecular weight excluding hydrogens is 594 g/mol. The van der Waals surface area contributed by atoms with Crippen molar-refractivity contribution in [1.82, 2.24) is 5.32 Å². The Hall–Kier alpha value is -2.14. The molecule has 0 aliphatic heterocycles. The highest BCUT2D eigenvalue weighted by atomic mass is 35.5.